The van der Waals surface area contributed by atoms with Crippen molar-refractivity contribution in [2.75, 3.05) is 38.7 Å². The molecule has 0 spiro atoms. The maximum Gasteiger partial charge on any atom is 0.315 e. The smallest absolute Gasteiger partial charge is 0.315 e. The Bertz CT molecular complexity index is 363. The molecule has 1 aliphatic heterocycles. The van der Waals surface area contributed by atoms with E-state index >= 15 is 0 Å². The first-order valence-electron chi connectivity index (χ1n) is 6.18. The highest BCUT2D eigenvalue weighted by Gasteiger charge is 2.35. The maximum atomic E-state index is 5.50. The highest BCUT2D eigenvalue weighted by molar-refractivity contribution is 5.18. The van der Waals surface area contributed by atoms with Crippen molar-refractivity contribution in [1.82, 2.24) is 15.5 Å². The molecule has 1 fully saturated rings. The zero-order valence-electron chi connectivity index (χ0n) is 10.9. The molecule has 102 valence electrons. The Morgan fingerprint density at radius 1 is 1.44 bits per heavy atom. The van der Waals surface area contributed by atoms with Gasteiger partial charge in [-0.25, -0.2) is 0 Å². The van der Waals surface area contributed by atoms with Gasteiger partial charge in [-0.15, -0.1) is 5.10 Å². The summed E-state index contributed by atoms with van der Waals surface area (Å²) in [6.07, 6.45) is 0.870. The van der Waals surface area contributed by atoms with E-state index in [0.717, 1.165) is 19.6 Å². The van der Waals surface area contributed by atoms with Gasteiger partial charge >= 0.3 is 6.01 Å². The largest absolute Gasteiger partial charge is 0.407 e. The van der Waals surface area contributed by atoms with Gasteiger partial charge in [-0.05, 0) is 6.54 Å². The zero-order valence-corrected chi connectivity index (χ0v) is 10.9. The van der Waals surface area contributed by atoms with Gasteiger partial charge in [-0.1, -0.05) is 12.0 Å². The predicted octanol–water partition coefficient (Wildman–Crippen LogP) is 0.397. The van der Waals surface area contributed by atoms with Crippen LogP contribution in [0.2, 0.25) is 0 Å². The summed E-state index contributed by atoms with van der Waals surface area (Å²) < 4.78 is 16.3. The Morgan fingerprint density at radius 2 is 2.33 bits per heavy atom. The number of hydrogen-bond acceptors (Lipinski definition) is 7. The van der Waals surface area contributed by atoms with Crippen LogP contribution in [0.4, 0.5) is 6.01 Å². The maximum absolute atomic E-state index is 5.50. The summed E-state index contributed by atoms with van der Waals surface area (Å²) in [4.78, 5) is 0. The van der Waals surface area contributed by atoms with Crippen molar-refractivity contribution in [1.29, 1.82) is 0 Å². The second-order valence-electron chi connectivity index (χ2n) is 4.32. The first-order chi connectivity index (χ1) is 8.78. The van der Waals surface area contributed by atoms with E-state index in [4.69, 9.17) is 13.9 Å². The summed E-state index contributed by atoms with van der Waals surface area (Å²) in [5.74, 6) is 0.577. The number of methoxy groups -OCH3 is 1. The molecule has 0 amide bonds. The van der Waals surface area contributed by atoms with Crippen molar-refractivity contribution in [2.45, 2.75) is 25.5 Å². The van der Waals surface area contributed by atoms with Crippen molar-refractivity contribution in [3.63, 3.8) is 0 Å². The van der Waals surface area contributed by atoms with Crippen LogP contribution in [0.15, 0.2) is 4.42 Å². The van der Waals surface area contributed by atoms with Gasteiger partial charge in [0, 0.05) is 20.1 Å². The number of anilines is 1. The highest BCUT2D eigenvalue weighted by atomic mass is 16.5. The van der Waals surface area contributed by atoms with E-state index in [1.165, 1.54) is 0 Å². The van der Waals surface area contributed by atoms with Gasteiger partial charge in [0.15, 0.2) is 0 Å². The molecule has 18 heavy (non-hydrogen) atoms. The number of rotatable bonds is 7. The van der Waals surface area contributed by atoms with Crippen molar-refractivity contribution >= 4 is 6.01 Å². The molecule has 0 bridgehead atoms. The number of aromatic nitrogens is 2. The van der Waals surface area contributed by atoms with Crippen molar-refractivity contribution in [2.24, 2.45) is 0 Å². The van der Waals surface area contributed by atoms with Gasteiger partial charge in [0.05, 0.1) is 19.7 Å². The molecule has 1 atom stereocenters. The third kappa shape index (κ3) is 3.18. The van der Waals surface area contributed by atoms with Crippen LogP contribution in [0.25, 0.3) is 0 Å². The van der Waals surface area contributed by atoms with E-state index in [-0.39, 0.29) is 5.60 Å². The monoisotopic (exact) mass is 256 g/mol. The summed E-state index contributed by atoms with van der Waals surface area (Å²) in [5.41, 5.74) is -0.281. The Kier molecular flexibility index (Phi) is 4.51. The number of hydrogen-bond donors (Lipinski definition) is 2. The van der Waals surface area contributed by atoms with Crippen molar-refractivity contribution < 1.29 is 13.9 Å². The van der Waals surface area contributed by atoms with Crippen LogP contribution in [0.1, 0.15) is 19.2 Å². The first-order valence-corrected chi connectivity index (χ1v) is 6.18. The normalized spacial score (nSPS) is 23.4. The molecule has 0 aromatic carbocycles. The summed E-state index contributed by atoms with van der Waals surface area (Å²) in [5, 5.41) is 14.1. The third-order valence-electron chi connectivity index (χ3n) is 3.05. The minimum Gasteiger partial charge on any atom is -0.407 e. The van der Waals surface area contributed by atoms with Crippen LogP contribution in [-0.4, -0.2) is 49.2 Å². The third-order valence-corrected chi connectivity index (χ3v) is 3.05. The molecule has 1 aromatic rings. The van der Waals surface area contributed by atoms with E-state index in [1.807, 2.05) is 6.92 Å². The van der Waals surface area contributed by atoms with Crippen molar-refractivity contribution in [3.8, 4) is 0 Å². The Balaban J connectivity index is 1.83. The lowest BCUT2D eigenvalue weighted by atomic mass is 10.0. The molecular formula is C11H20N4O3. The van der Waals surface area contributed by atoms with E-state index in [0.29, 0.717) is 31.6 Å². The fourth-order valence-electron chi connectivity index (χ4n) is 1.83. The lowest BCUT2D eigenvalue weighted by Gasteiger charge is -2.25. The van der Waals surface area contributed by atoms with E-state index < -0.39 is 0 Å². The van der Waals surface area contributed by atoms with Crippen LogP contribution in [0, 0.1) is 0 Å². The van der Waals surface area contributed by atoms with Gasteiger partial charge in [0.25, 0.3) is 0 Å². The molecule has 0 saturated carbocycles. The van der Waals surface area contributed by atoms with Crippen LogP contribution in [0.3, 0.4) is 0 Å². The van der Waals surface area contributed by atoms with Crippen LogP contribution >= 0.6 is 0 Å². The minimum absolute atomic E-state index is 0.281. The molecule has 1 aliphatic rings. The molecule has 7 heteroatoms. The van der Waals surface area contributed by atoms with Crippen LogP contribution in [0.5, 0.6) is 0 Å². The van der Waals surface area contributed by atoms with Gasteiger partial charge in [-0.3, -0.25) is 0 Å². The molecule has 0 radical (unpaired) electrons. The average Bonchev–Trinajstić information content (AvgIpc) is 3.04. The molecule has 0 aliphatic carbocycles. The van der Waals surface area contributed by atoms with Gasteiger partial charge in [-0.2, -0.15) is 0 Å². The van der Waals surface area contributed by atoms with E-state index in [1.54, 1.807) is 7.11 Å². The quantitative estimate of drug-likeness (QED) is 0.730. The standard InChI is InChI=1S/C11H20N4O3/c1-3-12-6-9-14-15-10(18-9)13-7-11(16-2)4-5-17-8-11/h12H,3-8H2,1-2H3,(H,13,15). The van der Waals surface area contributed by atoms with Crippen LogP contribution in [-0.2, 0) is 16.0 Å². The summed E-state index contributed by atoms with van der Waals surface area (Å²) in [7, 11) is 1.70. The SMILES string of the molecule is CCNCc1nnc(NCC2(OC)CCOC2)o1. The summed E-state index contributed by atoms with van der Waals surface area (Å²) >= 11 is 0. The molecule has 7 nitrogen and oxygen atoms in total. The second kappa shape index (κ2) is 6.12. The fourth-order valence-corrected chi connectivity index (χ4v) is 1.83. The molecule has 1 aromatic heterocycles. The molecular weight excluding hydrogens is 236 g/mol. The van der Waals surface area contributed by atoms with E-state index in [2.05, 4.69) is 20.8 Å². The number of nitrogens with zero attached hydrogens (tertiary/aromatic N) is 2. The van der Waals surface area contributed by atoms with Gasteiger partial charge < -0.3 is 24.5 Å². The van der Waals surface area contributed by atoms with Gasteiger partial charge in [0.2, 0.25) is 5.89 Å². The Morgan fingerprint density at radius 3 is 3.00 bits per heavy atom. The first kappa shape index (κ1) is 13.3. The summed E-state index contributed by atoms with van der Waals surface area (Å²) in [6.45, 7) is 5.41. The topological polar surface area (TPSA) is 81.4 Å². The fraction of sp³-hybridized carbons (Fsp3) is 0.818. The Labute approximate surface area is 106 Å². The minimum atomic E-state index is -0.281. The van der Waals surface area contributed by atoms with Crippen molar-refractivity contribution in [3.05, 3.63) is 5.89 Å². The number of ether oxygens (including phenoxy) is 2. The molecule has 1 unspecified atom stereocenters. The lowest BCUT2D eigenvalue weighted by Crippen LogP contribution is -2.39. The lowest BCUT2D eigenvalue weighted by molar-refractivity contribution is -0.00654. The molecule has 1 saturated heterocycles. The predicted molar refractivity (Wildman–Crippen MR) is 65.3 cm³/mol. The highest BCUT2D eigenvalue weighted by Crippen LogP contribution is 2.22. The second-order valence-corrected chi connectivity index (χ2v) is 4.32. The van der Waals surface area contributed by atoms with E-state index in [9.17, 15) is 0 Å². The van der Waals surface area contributed by atoms with Gasteiger partial charge in [0.1, 0.15) is 5.60 Å². The molecule has 2 rings (SSSR count). The zero-order chi connectivity index (χ0) is 12.8. The summed E-state index contributed by atoms with van der Waals surface area (Å²) in [6, 6.07) is 0.422. The number of nitrogens with one attached hydrogen (secondary N) is 2. The Hall–Kier alpha value is -1.18. The average molecular weight is 256 g/mol. The molecule has 2 N–H and O–H groups in total. The van der Waals surface area contributed by atoms with Crippen LogP contribution < -0.4 is 10.6 Å². The molecule has 2 heterocycles.